The topological polar surface area (TPSA) is 94.9 Å². The first kappa shape index (κ1) is 18.2. The number of phenolic OH excluding ortho intramolecular Hbond substituents is 1. The van der Waals surface area contributed by atoms with E-state index in [0.717, 1.165) is 22.3 Å². The van der Waals surface area contributed by atoms with Crippen molar-refractivity contribution in [3.63, 3.8) is 0 Å². The van der Waals surface area contributed by atoms with Gasteiger partial charge in [-0.1, -0.05) is 30.3 Å². The van der Waals surface area contributed by atoms with E-state index in [1.807, 2.05) is 54.6 Å². The van der Waals surface area contributed by atoms with Crippen LogP contribution < -0.4 is 10.2 Å². The Morgan fingerprint density at radius 3 is 2.66 bits per heavy atom. The lowest BCUT2D eigenvalue weighted by molar-refractivity contribution is 0.373. The van der Waals surface area contributed by atoms with Gasteiger partial charge in [-0.3, -0.25) is 5.43 Å². The summed E-state index contributed by atoms with van der Waals surface area (Å²) in [6.07, 6.45) is 1.62. The van der Waals surface area contributed by atoms with Crippen molar-refractivity contribution in [1.29, 1.82) is 0 Å². The van der Waals surface area contributed by atoms with E-state index in [4.69, 9.17) is 4.74 Å². The monoisotopic (exact) mass is 385 g/mol. The molecule has 0 amide bonds. The SMILES string of the molecule is COc1cc(C=NNC(=Nc2ccccc2)c2nc3ccccc3[nH]2)ccc1O. The standard InChI is InChI=1S/C22H19N5O2/c1-29-20-13-15(11-12-19(20)28)14-23-27-22(24-16-7-3-2-4-8-16)21-25-17-9-5-6-10-18(17)26-21/h2-14,28H,1H3,(H,24,27)(H,25,26). The number of hydrazone groups is 1. The zero-order valence-corrected chi connectivity index (χ0v) is 15.7. The van der Waals surface area contributed by atoms with Crippen LogP contribution in [0.15, 0.2) is 82.9 Å². The van der Waals surface area contributed by atoms with Gasteiger partial charge in [-0.05, 0) is 48.0 Å². The number of aromatic hydroxyl groups is 1. The first-order valence-electron chi connectivity index (χ1n) is 8.98. The number of aromatic amines is 1. The normalized spacial score (nSPS) is 11.8. The Balaban J connectivity index is 1.64. The number of para-hydroxylation sites is 3. The molecule has 0 aliphatic heterocycles. The van der Waals surface area contributed by atoms with E-state index in [0.29, 0.717) is 17.4 Å². The molecule has 7 nitrogen and oxygen atoms in total. The first-order valence-corrected chi connectivity index (χ1v) is 8.98. The minimum atomic E-state index is 0.0752. The molecule has 1 heterocycles. The number of aromatic nitrogens is 2. The average molecular weight is 385 g/mol. The molecule has 0 bridgehead atoms. The van der Waals surface area contributed by atoms with Crippen LogP contribution in [0.1, 0.15) is 11.4 Å². The third-order valence-electron chi connectivity index (χ3n) is 4.20. The Kier molecular flexibility index (Phi) is 5.20. The minimum Gasteiger partial charge on any atom is -0.504 e. The Morgan fingerprint density at radius 1 is 1.07 bits per heavy atom. The van der Waals surface area contributed by atoms with Crippen LogP contribution >= 0.6 is 0 Å². The van der Waals surface area contributed by atoms with E-state index in [1.165, 1.54) is 7.11 Å². The van der Waals surface area contributed by atoms with Gasteiger partial charge in [0, 0.05) is 0 Å². The summed E-state index contributed by atoms with van der Waals surface area (Å²) in [7, 11) is 1.50. The van der Waals surface area contributed by atoms with E-state index < -0.39 is 0 Å². The molecule has 4 rings (SSSR count). The number of amidine groups is 1. The molecule has 0 saturated heterocycles. The third-order valence-corrected chi connectivity index (χ3v) is 4.20. The molecule has 0 spiro atoms. The maximum atomic E-state index is 9.71. The van der Waals surface area contributed by atoms with Gasteiger partial charge in [0.05, 0.1) is 30.0 Å². The van der Waals surface area contributed by atoms with Gasteiger partial charge in [-0.2, -0.15) is 5.10 Å². The molecule has 3 N–H and O–H groups in total. The van der Waals surface area contributed by atoms with Crippen molar-refractivity contribution in [1.82, 2.24) is 15.4 Å². The van der Waals surface area contributed by atoms with Gasteiger partial charge in [-0.15, -0.1) is 0 Å². The molecule has 0 aliphatic rings. The van der Waals surface area contributed by atoms with Gasteiger partial charge in [0.15, 0.2) is 23.2 Å². The van der Waals surface area contributed by atoms with Crippen LogP contribution in [-0.2, 0) is 0 Å². The summed E-state index contributed by atoms with van der Waals surface area (Å²) in [5.74, 6) is 1.51. The number of hydrogen-bond acceptors (Lipinski definition) is 5. The number of phenols is 1. The van der Waals surface area contributed by atoms with Crippen LogP contribution in [-0.4, -0.2) is 34.2 Å². The molecule has 0 unspecified atom stereocenters. The Hall–Kier alpha value is -4.13. The number of rotatable bonds is 5. The molecular weight excluding hydrogens is 366 g/mol. The van der Waals surface area contributed by atoms with Crippen molar-refractivity contribution in [2.45, 2.75) is 0 Å². The highest BCUT2D eigenvalue weighted by atomic mass is 16.5. The number of aliphatic imine (C=N–C) groups is 1. The fourth-order valence-electron chi connectivity index (χ4n) is 2.77. The van der Waals surface area contributed by atoms with E-state index in [2.05, 4.69) is 25.5 Å². The van der Waals surface area contributed by atoms with Crippen molar-refractivity contribution in [3.8, 4) is 11.5 Å². The van der Waals surface area contributed by atoms with Gasteiger partial charge in [0.2, 0.25) is 0 Å². The highest BCUT2D eigenvalue weighted by molar-refractivity contribution is 6.00. The predicted octanol–water partition coefficient (Wildman–Crippen LogP) is 3.98. The quantitative estimate of drug-likeness (QED) is 0.275. The lowest BCUT2D eigenvalue weighted by atomic mass is 10.2. The fourth-order valence-corrected chi connectivity index (χ4v) is 2.77. The molecule has 7 heteroatoms. The van der Waals surface area contributed by atoms with Crippen LogP contribution in [0.3, 0.4) is 0 Å². The fraction of sp³-hybridized carbons (Fsp3) is 0.0455. The van der Waals surface area contributed by atoms with Crippen molar-refractivity contribution in [2.75, 3.05) is 7.11 Å². The number of H-pyrrole nitrogens is 1. The van der Waals surface area contributed by atoms with Gasteiger partial charge in [0.25, 0.3) is 0 Å². The van der Waals surface area contributed by atoms with Crippen LogP contribution in [0.25, 0.3) is 11.0 Å². The van der Waals surface area contributed by atoms with Crippen molar-refractivity contribution in [3.05, 3.63) is 84.2 Å². The molecule has 0 radical (unpaired) electrons. The van der Waals surface area contributed by atoms with Gasteiger partial charge in [-0.25, -0.2) is 9.98 Å². The lowest BCUT2D eigenvalue weighted by Gasteiger charge is -2.05. The molecular formula is C22H19N5O2. The van der Waals surface area contributed by atoms with Crippen molar-refractivity contribution in [2.24, 2.45) is 10.1 Å². The van der Waals surface area contributed by atoms with E-state index in [9.17, 15) is 5.11 Å². The predicted molar refractivity (Wildman–Crippen MR) is 114 cm³/mol. The maximum Gasteiger partial charge on any atom is 0.190 e. The van der Waals surface area contributed by atoms with Crippen molar-refractivity contribution >= 4 is 28.8 Å². The second kappa shape index (κ2) is 8.26. The van der Waals surface area contributed by atoms with E-state index >= 15 is 0 Å². The zero-order chi connectivity index (χ0) is 20.1. The number of ether oxygens (including phenoxy) is 1. The molecule has 144 valence electrons. The van der Waals surface area contributed by atoms with Crippen LogP contribution in [0.2, 0.25) is 0 Å². The van der Waals surface area contributed by atoms with E-state index in [1.54, 1.807) is 24.4 Å². The maximum absolute atomic E-state index is 9.71. The summed E-state index contributed by atoms with van der Waals surface area (Å²) in [4.78, 5) is 12.5. The molecule has 0 atom stereocenters. The van der Waals surface area contributed by atoms with Gasteiger partial charge >= 0.3 is 0 Å². The number of fused-ring (bicyclic) bond motifs is 1. The summed E-state index contributed by atoms with van der Waals surface area (Å²) in [6.45, 7) is 0. The van der Waals surface area contributed by atoms with Gasteiger partial charge < -0.3 is 14.8 Å². The number of methoxy groups -OCH3 is 1. The Morgan fingerprint density at radius 2 is 1.86 bits per heavy atom. The number of hydrogen-bond donors (Lipinski definition) is 3. The van der Waals surface area contributed by atoms with Crippen LogP contribution in [0, 0.1) is 0 Å². The largest absolute Gasteiger partial charge is 0.504 e. The number of nitrogens with zero attached hydrogens (tertiary/aromatic N) is 3. The first-order chi connectivity index (χ1) is 14.2. The Bertz CT molecular complexity index is 1150. The van der Waals surface area contributed by atoms with Crippen LogP contribution in [0.5, 0.6) is 11.5 Å². The molecule has 0 fully saturated rings. The highest BCUT2D eigenvalue weighted by Gasteiger charge is 2.09. The molecule has 0 saturated carbocycles. The van der Waals surface area contributed by atoms with Crippen molar-refractivity contribution < 1.29 is 9.84 Å². The number of imidazole rings is 1. The molecule has 3 aromatic carbocycles. The second-order valence-corrected chi connectivity index (χ2v) is 6.20. The Labute approximate surface area is 167 Å². The summed E-state index contributed by atoms with van der Waals surface area (Å²) < 4.78 is 5.12. The summed E-state index contributed by atoms with van der Waals surface area (Å²) in [5.41, 5.74) is 6.26. The molecule has 0 aliphatic carbocycles. The number of nitrogens with one attached hydrogen (secondary N) is 2. The number of benzene rings is 3. The average Bonchev–Trinajstić information content (AvgIpc) is 3.19. The third kappa shape index (κ3) is 4.24. The highest BCUT2D eigenvalue weighted by Crippen LogP contribution is 2.25. The molecule has 4 aromatic rings. The van der Waals surface area contributed by atoms with E-state index in [-0.39, 0.29) is 5.75 Å². The molecule has 29 heavy (non-hydrogen) atoms. The van der Waals surface area contributed by atoms with Gasteiger partial charge in [0.1, 0.15) is 0 Å². The zero-order valence-electron chi connectivity index (χ0n) is 15.7. The molecule has 1 aromatic heterocycles. The smallest absolute Gasteiger partial charge is 0.190 e. The second-order valence-electron chi connectivity index (χ2n) is 6.20. The lowest BCUT2D eigenvalue weighted by Crippen LogP contribution is -2.20. The summed E-state index contributed by atoms with van der Waals surface area (Å²) >= 11 is 0. The van der Waals surface area contributed by atoms with Crippen LogP contribution in [0.4, 0.5) is 5.69 Å². The minimum absolute atomic E-state index is 0.0752. The summed E-state index contributed by atoms with van der Waals surface area (Å²) in [6, 6.07) is 22.3. The summed E-state index contributed by atoms with van der Waals surface area (Å²) in [5, 5.41) is 14.0.